The number of nitrogens with zero attached hydrogens (tertiary/aromatic N) is 1. The van der Waals surface area contributed by atoms with Gasteiger partial charge in [0.2, 0.25) is 0 Å². The van der Waals surface area contributed by atoms with Crippen LogP contribution < -0.4 is 5.32 Å². The van der Waals surface area contributed by atoms with E-state index in [0.29, 0.717) is 12.0 Å². The van der Waals surface area contributed by atoms with Crippen LogP contribution >= 0.6 is 0 Å². The average molecular weight is 264 g/mol. The molecule has 1 fully saturated rings. The van der Waals surface area contributed by atoms with Crippen molar-refractivity contribution in [3.8, 4) is 0 Å². The fourth-order valence-electron chi connectivity index (χ4n) is 2.19. The van der Waals surface area contributed by atoms with Gasteiger partial charge in [0.05, 0.1) is 11.3 Å². The molecule has 0 unspecified atom stereocenters. The molecular weight excluding hydrogens is 244 g/mol. The number of ether oxygens (including phenoxy) is 1. The van der Waals surface area contributed by atoms with E-state index in [9.17, 15) is 4.79 Å². The van der Waals surface area contributed by atoms with Crippen molar-refractivity contribution in [2.24, 2.45) is 5.41 Å². The fourth-order valence-corrected chi connectivity index (χ4v) is 2.19. The standard InChI is InChI=1S/C14H20N2O3/c1-14(4-6-19-7-5-14)10-15-9-12-3-2-11(8-16-12)13(17)18/h2-3,8,15H,4-7,9-10H2,1H3,(H,17,18). The molecule has 5 nitrogen and oxygen atoms in total. The number of carboxylic acid groups (broad SMARTS) is 1. The summed E-state index contributed by atoms with van der Waals surface area (Å²) in [6.45, 7) is 5.53. The number of aromatic carboxylic acids is 1. The Kier molecular flexibility index (Phi) is 4.50. The molecule has 2 rings (SSSR count). The first-order valence-corrected chi connectivity index (χ1v) is 6.56. The Labute approximate surface area is 113 Å². The zero-order valence-electron chi connectivity index (χ0n) is 11.2. The quantitative estimate of drug-likeness (QED) is 0.846. The van der Waals surface area contributed by atoms with Gasteiger partial charge in [-0.25, -0.2) is 4.79 Å². The van der Waals surface area contributed by atoms with Gasteiger partial charge in [0.1, 0.15) is 0 Å². The molecule has 1 saturated heterocycles. The highest BCUT2D eigenvalue weighted by Crippen LogP contribution is 2.28. The second kappa shape index (κ2) is 6.12. The minimum atomic E-state index is -0.943. The average Bonchev–Trinajstić information content (AvgIpc) is 2.40. The second-order valence-corrected chi connectivity index (χ2v) is 5.37. The Morgan fingerprint density at radius 1 is 1.47 bits per heavy atom. The number of carbonyl (C=O) groups is 1. The molecule has 5 heteroatoms. The molecule has 0 bridgehead atoms. The fraction of sp³-hybridized carbons (Fsp3) is 0.571. The molecule has 2 N–H and O–H groups in total. The third-order valence-corrected chi connectivity index (χ3v) is 3.63. The third-order valence-electron chi connectivity index (χ3n) is 3.63. The van der Waals surface area contributed by atoms with Gasteiger partial charge in [-0.3, -0.25) is 4.98 Å². The van der Waals surface area contributed by atoms with Crippen LogP contribution in [-0.4, -0.2) is 35.8 Å². The van der Waals surface area contributed by atoms with Crippen LogP contribution in [0.3, 0.4) is 0 Å². The summed E-state index contributed by atoms with van der Waals surface area (Å²) >= 11 is 0. The van der Waals surface area contributed by atoms with Crippen LogP contribution in [0, 0.1) is 5.41 Å². The Morgan fingerprint density at radius 3 is 2.79 bits per heavy atom. The van der Waals surface area contributed by atoms with E-state index in [0.717, 1.165) is 38.3 Å². The number of nitrogens with one attached hydrogen (secondary N) is 1. The SMILES string of the molecule is CC1(CNCc2ccc(C(=O)O)cn2)CCOCC1. The van der Waals surface area contributed by atoms with Crippen LogP contribution in [-0.2, 0) is 11.3 Å². The van der Waals surface area contributed by atoms with Gasteiger partial charge < -0.3 is 15.2 Å². The van der Waals surface area contributed by atoms with E-state index in [4.69, 9.17) is 9.84 Å². The second-order valence-electron chi connectivity index (χ2n) is 5.37. The molecule has 1 aliphatic heterocycles. The maximum atomic E-state index is 10.7. The highest BCUT2D eigenvalue weighted by atomic mass is 16.5. The molecular formula is C14H20N2O3. The van der Waals surface area contributed by atoms with Gasteiger partial charge in [-0.15, -0.1) is 0 Å². The lowest BCUT2D eigenvalue weighted by Gasteiger charge is -2.33. The Bertz CT molecular complexity index is 425. The van der Waals surface area contributed by atoms with E-state index in [2.05, 4.69) is 17.2 Å². The number of carboxylic acids is 1. The molecule has 2 heterocycles. The van der Waals surface area contributed by atoms with Crippen molar-refractivity contribution in [3.05, 3.63) is 29.6 Å². The number of hydrogen-bond acceptors (Lipinski definition) is 4. The molecule has 1 aromatic rings. The van der Waals surface area contributed by atoms with E-state index in [1.807, 2.05) is 0 Å². The molecule has 0 spiro atoms. The lowest BCUT2D eigenvalue weighted by atomic mass is 9.82. The summed E-state index contributed by atoms with van der Waals surface area (Å²) in [6.07, 6.45) is 3.55. The summed E-state index contributed by atoms with van der Waals surface area (Å²) in [5.74, 6) is -0.943. The molecule has 0 saturated carbocycles. The highest BCUT2D eigenvalue weighted by molar-refractivity contribution is 5.87. The van der Waals surface area contributed by atoms with Crippen LogP contribution in [0.5, 0.6) is 0 Å². The predicted octanol–water partition coefficient (Wildman–Crippen LogP) is 1.69. The monoisotopic (exact) mass is 264 g/mol. The van der Waals surface area contributed by atoms with Crippen molar-refractivity contribution >= 4 is 5.97 Å². The van der Waals surface area contributed by atoms with Crippen LogP contribution in [0.15, 0.2) is 18.3 Å². The van der Waals surface area contributed by atoms with Crippen molar-refractivity contribution in [2.75, 3.05) is 19.8 Å². The van der Waals surface area contributed by atoms with Crippen LogP contribution in [0.4, 0.5) is 0 Å². The lowest BCUT2D eigenvalue weighted by Crippen LogP contribution is -2.36. The number of aromatic nitrogens is 1. The minimum absolute atomic E-state index is 0.222. The van der Waals surface area contributed by atoms with Gasteiger partial charge in [0, 0.05) is 32.5 Å². The lowest BCUT2D eigenvalue weighted by molar-refractivity contribution is 0.0239. The van der Waals surface area contributed by atoms with Gasteiger partial charge in [0.15, 0.2) is 0 Å². The molecule has 0 amide bonds. The van der Waals surface area contributed by atoms with Crippen molar-refractivity contribution in [2.45, 2.75) is 26.3 Å². The first-order valence-electron chi connectivity index (χ1n) is 6.56. The molecule has 0 atom stereocenters. The Balaban J connectivity index is 1.80. The summed E-state index contributed by atoms with van der Waals surface area (Å²) in [4.78, 5) is 14.8. The van der Waals surface area contributed by atoms with Gasteiger partial charge in [0.25, 0.3) is 0 Å². The summed E-state index contributed by atoms with van der Waals surface area (Å²) < 4.78 is 5.37. The normalized spacial score (nSPS) is 18.2. The van der Waals surface area contributed by atoms with Crippen LogP contribution in [0.2, 0.25) is 0 Å². The molecule has 1 aliphatic rings. The van der Waals surface area contributed by atoms with E-state index in [1.54, 1.807) is 12.1 Å². The van der Waals surface area contributed by atoms with E-state index in [-0.39, 0.29) is 5.56 Å². The summed E-state index contributed by atoms with van der Waals surface area (Å²) in [5, 5.41) is 12.2. The number of rotatable bonds is 5. The largest absolute Gasteiger partial charge is 0.478 e. The van der Waals surface area contributed by atoms with Gasteiger partial charge >= 0.3 is 5.97 Å². The molecule has 104 valence electrons. The van der Waals surface area contributed by atoms with Crippen LogP contribution in [0.1, 0.15) is 35.8 Å². The predicted molar refractivity (Wildman–Crippen MR) is 71.1 cm³/mol. The molecule has 1 aromatic heterocycles. The number of hydrogen-bond donors (Lipinski definition) is 2. The zero-order valence-corrected chi connectivity index (χ0v) is 11.2. The van der Waals surface area contributed by atoms with Crippen LogP contribution in [0.25, 0.3) is 0 Å². The Hall–Kier alpha value is -1.46. The topological polar surface area (TPSA) is 71.5 Å². The highest BCUT2D eigenvalue weighted by Gasteiger charge is 2.26. The molecule has 0 radical (unpaired) electrons. The first kappa shape index (κ1) is 14.0. The van der Waals surface area contributed by atoms with E-state index in [1.165, 1.54) is 6.20 Å². The van der Waals surface area contributed by atoms with Crippen molar-refractivity contribution in [3.63, 3.8) is 0 Å². The first-order chi connectivity index (χ1) is 9.09. The molecule has 0 aliphatic carbocycles. The maximum absolute atomic E-state index is 10.7. The Morgan fingerprint density at radius 2 is 2.21 bits per heavy atom. The summed E-state index contributed by atoms with van der Waals surface area (Å²) in [7, 11) is 0. The van der Waals surface area contributed by atoms with E-state index < -0.39 is 5.97 Å². The third kappa shape index (κ3) is 4.01. The smallest absolute Gasteiger partial charge is 0.337 e. The molecule has 19 heavy (non-hydrogen) atoms. The van der Waals surface area contributed by atoms with Crippen molar-refractivity contribution in [1.82, 2.24) is 10.3 Å². The van der Waals surface area contributed by atoms with E-state index >= 15 is 0 Å². The number of pyridine rings is 1. The maximum Gasteiger partial charge on any atom is 0.337 e. The zero-order chi connectivity index (χ0) is 13.7. The van der Waals surface area contributed by atoms with Crippen molar-refractivity contribution in [1.29, 1.82) is 0 Å². The van der Waals surface area contributed by atoms with Gasteiger partial charge in [-0.2, -0.15) is 0 Å². The minimum Gasteiger partial charge on any atom is -0.478 e. The molecule has 0 aromatic carbocycles. The van der Waals surface area contributed by atoms with Gasteiger partial charge in [-0.1, -0.05) is 6.92 Å². The van der Waals surface area contributed by atoms with Crippen molar-refractivity contribution < 1.29 is 14.6 Å². The van der Waals surface area contributed by atoms with Gasteiger partial charge in [-0.05, 0) is 30.4 Å². The summed E-state index contributed by atoms with van der Waals surface area (Å²) in [5.41, 5.74) is 1.38. The summed E-state index contributed by atoms with van der Waals surface area (Å²) in [6, 6.07) is 3.34.